The normalized spacial score (nSPS) is 19.9. The van der Waals surface area contributed by atoms with E-state index in [4.69, 9.17) is 27.3 Å². The van der Waals surface area contributed by atoms with Crippen molar-refractivity contribution in [1.29, 1.82) is 0 Å². The largest absolute Gasteiger partial charge is 0.508 e. The average molecular weight is 300 g/mol. The molecule has 108 valence electrons. The first kappa shape index (κ1) is 14.4. The zero-order chi connectivity index (χ0) is 14.7. The van der Waals surface area contributed by atoms with Crippen molar-refractivity contribution in [2.45, 2.75) is 6.10 Å². The summed E-state index contributed by atoms with van der Waals surface area (Å²) >= 11 is 5.96. The molecule has 2 rings (SSSR count). The van der Waals surface area contributed by atoms with Gasteiger partial charge in [-0.2, -0.15) is 0 Å². The molecule has 1 amide bonds. The van der Waals surface area contributed by atoms with Gasteiger partial charge in [-0.1, -0.05) is 16.8 Å². The standard InChI is InChI=1S/C12H14ClN3O4/c13-9-2-1-7(17)5-8(9)12(18)16-3-4-20-10(6-16)11(14)15-19/h1-2,5,10,17,19H,3-4,6H2,(H2,14,15). The Morgan fingerprint density at radius 1 is 1.55 bits per heavy atom. The molecule has 20 heavy (non-hydrogen) atoms. The Balaban J connectivity index is 2.18. The van der Waals surface area contributed by atoms with Crippen LogP contribution in [0.1, 0.15) is 10.4 Å². The van der Waals surface area contributed by atoms with Gasteiger partial charge in [-0.25, -0.2) is 0 Å². The molecule has 1 aliphatic rings. The second-order valence-electron chi connectivity index (χ2n) is 4.30. The third-order valence-electron chi connectivity index (χ3n) is 2.98. The molecule has 4 N–H and O–H groups in total. The molecule has 1 aliphatic heterocycles. The third kappa shape index (κ3) is 2.94. The van der Waals surface area contributed by atoms with Gasteiger partial charge in [0.1, 0.15) is 11.9 Å². The van der Waals surface area contributed by atoms with Crippen LogP contribution < -0.4 is 5.73 Å². The maximum absolute atomic E-state index is 12.4. The number of amidine groups is 1. The zero-order valence-corrected chi connectivity index (χ0v) is 11.2. The Labute approximate surface area is 120 Å². The SMILES string of the molecule is N/C(=N/O)C1CN(C(=O)c2cc(O)ccc2Cl)CCO1. The lowest BCUT2D eigenvalue weighted by Gasteiger charge is -2.32. The number of aromatic hydroxyl groups is 1. The molecule has 0 radical (unpaired) electrons. The molecule has 0 spiro atoms. The van der Waals surface area contributed by atoms with E-state index in [1.165, 1.54) is 23.1 Å². The quantitative estimate of drug-likeness (QED) is 0.321. The Morgan fingerprint density at radius 2 is 2.30 bits per heavy atom. The number of amides is 1. The number of carbonyl (C=O) groups is 1. The third-order valence-corrected chi connectivity index (χ3v) is 3.31. The van der Waals surface area contributed by atoms with Crippen molar-refractivity contribution >= 4 is 23.3 Å². The summed E-state index contributed by atoms with van der Waals surface area (Å²) < 4.78 is 5.31. The van der Waals surface area contributed by atoms with Crippen molar-refractivity contribution < 1.29 is 19.8 Å². The summed E-state index contributed by atoms with van der Waals surface area (Å²) in [5.41, 5.74) is 5.67. The number of morpholine rings is 1. The summed E-state index contributed by atoms with van der Waals surface area (Å²) in [6.07, 6.45) is -0.659. The van der Waals surface area contributed by atoms with Gasteiger partial charge in [0.2, 0.25) is 0 Å². The number of nitrogens with two attached hydrogens (primary N) is 1. The van der Waals surface area contributed by atoms with E-state index in [0.717, 1.165) is 0 Å². The average Bonchev–Trinajstić information content (AvgIpc) is 2.48. The number of rotatable bonds is 2. The van der Waals surface area contributed by atoms with E-state index in [1.54, 1.807) is 0 Å². The van der Waals surface area contributed by atoms with Crippen molar-refractivity contribution in [2.75, 3.05) is 19.7 Å². The minimum atomic E-state index is -0.659. The molecule has 1 unspecified atom stereocenters. The maximum Gasteiger partial charge on any atom is 0.255 e. The second-order valence-corrected chi connectivity index (χ2v) is 4.71. The Morgan fingerprint density at radius 3 is 3.00 bits per heavy atom. The molecule has 1 fully saturated rings. The lowest BCUT2D eigenvalue weighted by atomic mass is 10.1. The number of hydrogen-bond donors (Lipinski definition) is 3. The predicted molar refractivity (Wildman–Crippen MR) is 72.2 cm³/mol. The van der Waals surface area contributed by atoms with Crippen LogP contribution in [0.3, 0.4) is 0 Å². The van der Waals surface area contributed by atoms with E-state index in [1.807, 2.05) is 0 Å². The van der Waals surface area contributed by atoms with E-state index >= 15 is 0 Å². The number of ether oxygens (including phenoxy) is 1. The molecule has 1 saturated heterocycles. The van der Waals surface area contributed by atoms with Crippen LogP contribution in [0.15, 0.2) is 23.4 Å². The van der Waals surface area contributed by atoms with E-state index in [0.29, 0.717) is 6.54 Å². The highest BCUT2D eigenvalue weighted by molar-refractivity contribution is 6.33. The van der Waals surface area contributed by atoms with Crippen LogP contribution in [0.5, 0.6) is 5.75 Å². The first-order valence-electron chi connectivity index (χ1n) is 5.89. The van der Waals surface area contributed by atoms with Crippen molar-refractivity contribution in [2.24, 2.45) is 10.9 Å². The van der Waals surface area contributed by atoms with E-state index in [-0.39, 0.29) is 41.2 Å². The fourth-order valence-electron chi connectivity index (χ4n) is 1.92. The summed E-state index contributed by atoms with van der Waals surface area (Å²) in [4.78, 5) is 13.8. The molecule has 1 aromatic rings. The summed E-state index contributed by atoms with van der Waals surface area (Å²) in [5, 5.41) is 21.2. The summed E-state index contributed by atoms with van der Waals surface area (Å²) in [5.74, 6) is -0.478. The number of carbonyl (C=O) groups excluding carboxylic acids is 1. The molecule has 0 aliphatic carbocycles. The van der Waals surface area contributed by atoms with E-state index < -0.39 is 6.10 Å². The van der Waals surface area contributed by atoms with Crippen molar-refractivity contribution in [1.82, 2.24) is 4.90 Å². The van der Waals surface area contributed by atoms with Crippen LogP contribution in [0.25, 0.3) is 0 Å². The van der Waals surface area contributed by atoms with Gasteiger partial charge in [0.25, 0.3) is 5.91 Å². The van der Waals surface area contributed by atoms with E-state index in [9.17, 15) is 9.90 Å². The first-order chi connectivity index (χ1) is 9.52. The molecule has 7 nitrogen and oxygen atoms in total. The predicted octanol–water partition coefficient (Wildman–Crippen LogP) is 0.633. The molecular formula is C12H14ClN3O4. The second kappa shape index (κ2) is 5.98. The van der Waals surface area contributed by atoms with Crippen molar-refractivity contribution in [3.63, 3.8) is 0 Å². The van der Waals surface area contributed by atoms with Crippen molar-refractivity contribution in [3.05, 3.63) is 28.8 Å². The number of phenols is 1. The summed E-state index contributed by atoms with van der Waals surface area (Å²) in [6.45, 7) is 0.782. The van der Waals surface area contributed by atoms with Gasteiger partial charge < -0.3 is 25.7 Å². The highest BCUT2D eigenvalue weighted by Gasteiger charge is 2.28. The number of hydrogen-bond acceptors (Lipinski definition) is 5. The van der Waals surface area contributed by atoms with Gasteiger partial charge in [-0.3, -0.25) is 4.79 Å². The lowest BCUT2D eigenvalue weighted by molar-refractivity contribution is 0.00675. The van der Waals surface area contributed by atoms with Gasteiger partial charge >= 0.3 is 0 Å². The molecule has 0 bridgehead atoms. The fourth-order valence-corrected chi connectivity index (χ4v) is 2.12. The van der Waals surface area contributed by atoms with Gasteiger partial charge in [-0.15, -0.1) is 0 Å². The summed E-state index contributed by atoms with van der Waals surface area (Å²) in [7, 11) is 0. The first-order valence-corrected chi connectivity index (χ1v) is 6.27. The topological polar surface area (TPSA) is 108 Å². The van der Waals surface area contributed by atoms with Crippen LogP contribution in [0, 0.1) is 0 Å². The van der Waals surface area contributed by atoms with Crippen LogP contribution in [0.4, 0.5) is 0 Å². The van der Waals surface area contributed by atoms with Crippen LogP contribution in [-0.2, 0) is 4.74 Å². The molecule has 0 aromatic heterocycles. The molecule has 1 heterocycles. The number of benzene rings is 1. The molecule has 1 atom stereocenters. The monoisotopic (exact) mass is 299 g/mol. The molecule has 1 aromatic carbocycles. The Bertz CT molecular complexity index is 550. The van der Waals surface area contributed by atoms with Gasteiger partial charge in [0.05, 0.1) is 23.7 Å². The smallest absolute Gasteiger partial charge is 0.255 e. The zero-order valence-electron chi connectivity index (χ0n) is 10.5. The van der Waals surface area contributed by atoms with Gasteiger partial charge in [0, 0.05) is 6.54 Å². The Hall–Kier alpha value is -1.99. The summed E-state index contributed by atoms with van der Waals surface area (Å²) in [6, 6.07) is 4.15. The number of oxime groups is 1. The number of nitrogens with zero attached hydrogens (tertiary/aromatic N) is 2. The highest BCUT2D eigenvalue weighted by Crippen LogP contribution is 2.23. The van der Waals surface area contributed by atoms with Crippen LogP contribution in [-0.4, -0.2) is 52.8 Å². The van der Waals surface area contributed by atoms with Crippen LogP contribution in [0.2, 0.25) is 5.02 Å². The fraction of sp³-hybridized carbons (Fsp3) is 0.333. The van der Waals surface area contributed by atoms with Crippen LogP contribution >= 0.6 is 11.6 Å². The number of phenolic OH excluding ortho intramolecular Hbond substituents is 1. The van der Waals surface area contributed by atoms with Crippen molar-refractivity contribution in [3.8, 4) is 5.75 Å². The Kier molecular flexibility index (Phi) is 4.31. The molecule has 8 heteroatoms. The molecular weight excluding hydrogens is 286 g/mol. The molecule has 0 saturated carbocycles. The minimum Gasteiger partial charge on any atom is -0.508 e. The van der Waals surface area contributed by atoms with Gasteiger partial charge in [-0.05, 0) is 18.2 Å². The van der Waals surface area contributed by atoms with E-state index in [2.05, 4.69) is 5.16 Å². The number of halogens is 1. The maximum atomic E-state index is 12.4. The lowest BCUT2D eigenvalue weighted by Crippen LogP contribution is -2.50. The van der Waals surface area contributed by atoms with Gasteiger partial charge in [0.15, 0.2) is 5.84 Å². The highest BCUT2D eigenvalue weighted by atomic mass is 35.5. The minimum absolute atomic E-state index is 0.0426.